The van der Waals surface area contributed by atoms with Crippen LogP contribution < -0.4 is 4.90 Å². The molecule has 0 unspecified atom stereocenters. The topological polar surface area (TPSA) is 96.7 Å². The van der Waals surface area contributed by atoms with Gasteiger partial charge in [0.15, 0.2) is 0 Å². The van der Waals surface area contributed by atoms with E-state index >= 15 is 0 Å². The van der Waals surface area contributed by atoms with Crippen LogP contribution >= 0.6 is 0 Å². The first-order valence-electron chi connectivity index (χ1n) is 8.63. The van der Waals surface area contributed by atoms with Crippen LogP contribution in [0.15, 0.2) is 35.4 Å². The number of hydrogen-bond acceptors (Lipinski definition) is 6. The lowest BCUT2D eigenvalue weighted by molar-refractivity contribution is -0.385. The molecule has 3 rings (SSSR count). The van der Waals surface area contributed by atoms with Crippen molar-refractivity contribution in [1.82, 2.24) is 9.29 Å². The lowest BCUT2D eigenvalue weighted by Gasteiger charge is -2.35. The lowest BCUT2D eigenvalue weighted by atomic mass is 10.1. The molecule has 8 nitrogen and oxygen atoms in total. The second-order valence-corrected chi connectivity index (χ2v) is 8.67. The number of sulfonamides is 1. The third-order valence-electron chi connectivity index (χ3n) is 4.90. The zero-order valence-electron chi connectivity index (χ0n) is 15.5. The minimum absolute atomic E-state index is 0.0489. The van der Waals surface area contributed by atoms with Gasteiger partial charge in [0.2, 0.25) is 10.0 Å². The summed E-state index contributed by atoms with van der Waals surface area (Å²) in [4.78, 5) is 16.9. The molecule has 1 aromatic heterocycles. The van der Waals surface area contributed by atoms with Crippen LogP contribution in [0.5, 0.6) is 0 Å². The first-order chi connectivity index (χ1) is 12.7. The Kier molecular flexibility index (Phi) is 5.16. The van der Waals surface area contributed by atoms with Crippen LogP contribution in [0.1, 0.15) is 16.7 Å². The standard InChI is InChI=1S/C18H22N4O4S/c1-13-4-5-17(11-14(13)2)27(25,26)21-8-6-20(7-9-21)18-15(3)10-16(12-19-18)22(23)24/h4-5,10-12H,6-9H2,1-3H3. The van der Waals surface area contributed by atoms with Gasteiger partial charge in [-0.3, -0.25) is 10.1 Å². The summed E-state index contributed by atoms with van der Waals surface area (Å²) in [6, 6.07) is 6.66. The molecule has 144 valence electrons. The molecule has 0 aliphatic carbocycles. The average Bonchev–Trinajstić information content (AvgIpc) is 2.64. The zero-order valence-corrected chi connectivity index (χ0v) is 16.4. The Morgan fingerprint density at radius 1 is 1.00 bits per heavy atom. The van der Waals surface area contributed by atoms with Gasteiger partial charge in [0, 0.05) is 32.2 Å². The van der Waals surface area contributed by atoms with Crippen molar-refractivity contribution in [3.8, 4) is 0 Å². The monoisotopic (exact) mass is 390 g/mol. The molecule has 9 heteroatoms. The van der Waals surface area contributed by atoms with Crippen molar-refractivity contribution >= 4 is 21.5 Å². The highest BCUT2D eigenvalue weighted by molar-refractivity contribution is 7.89. The molecule has 1 aliphatic rings. The van der Waals surface area contributed by atoms with E-state index in [0.717, 1.165) is 11.1 Å². The first-order valence-corrected chi connectivity index (χ1v) is 10.1. The molecule has 0 atom stereocenters. The van der Waals surface area contributed by atoms with Gasteiger partial charge in [0.25, 0.3) is 5.69 Å². The molecule has 2 aromatic rings. The van der Waals surface area contributed by atoms with E-state index in [1.165, 1.54) is 16.6 Å². The number of nitrogens with zero attached hydrogens (tertiary/aromatic N) is 4. The van der Waals surface area contributed by atoms with Crippen LogP contribution in [0, 0.1) is 30.9 Å². The fraction of sp³-hybridized carbons (Fsp3) is 0.389. The summed E-state index contributed by atoms with van der Waals surface area (Å²) < 4.78 is 27.3. The Labute approximate surface area is 158 Å². The van der Waals surface area contributed by atoms with Crippen molar-refractivity contribution < 1.29 is 13.3 Å². The Morgan fingerprint density at radius 3 is 2.22 bits per heavy atom. The molecule has 2 heterocycles. The van der Waals surface area contributed by atoms with Crippen molar-refractivity contribution in [2.45, 2.75) is 25.7 Å². The van der Waals surface area contributed by atoms with Crippen molar-refractivity contribution in [2.75, 3.05) is 31.1 Å². The second kappa shape index (κ2) is 7.24. The molecular formula is C18H22N4O4S. The Morgan fingerprint density at radius 2 is 1.67 bits per heavy atom. The molecule has 0 spiro atoms. The predicted octanol–water partition coefficient (Wildman–Crippen LogP) is 2.43. The minimum Gasteiger partial charge on any atom is -0.354 e. The molecule has 1 aromatic carbocycles. The number of rotatable bonds is 4. The highest BCUT2D eigenvalue weighted by atomic mass is 32.2. The number of pyridine rings is 1. The molecule has 1 aliphatic heterocycles. The van der Waals surface area contributed by atoms with Gasteiger partial charge < -0.3 is 4.90 Å². The van der Waals surface area contributed by atoms with Crippen LogP contribution in [0.25, 0.3) is 0 Å². The summed E-state index contributed by atoms with van der Waals surface area (Å²) >= 11 is 0. The fourth-order valence-electron chi connectivity index (χ4n) is 3.15. The van der Waals surface area contributed by atoms with E-state index < -0.39 is 14.9 Å². The molecule has 0 radical (unpaired) electrons. The quantitative estimate of drug-likeness (QED) is 0.588. The van der Waals surface area contributed by atoms with Crippen LogP contribution in [-0.4, -0.2) is 48.8 Å². The Hall–Kier alpha value is -2.52. The summed E-state index contributed by atoms with van der Waals surface area (Å²) in [5, 5.41) is 10.9. The normalized spacial score (nSPS) is 15.7. The molecule has 0 saturated carbocycles. The fourth-order valence-corrected chi connectivity index (χ4v) is 4.66. The summed E-state index contributed by atoms with van der Waals surface area (Å²) in [6.07, 6.45) is 1.24. The van der Waals surface area contributed by atoms with Gasteiger partial charge in [-0.15, -0.1) is 0 Å². The van der Waals surface area contributed by atoms with E-state index in [4.69, 9.17) is 0 Å². The van der Waals surface area contributed by atoms with Crippen molar-refractivity contribution in [2.24, 2.45) is 0 Å². The molecule has 0 bridgehead atoms. The summed E-state index contributed by atoms with van der Waals surface area (Å²) in [5.41, 5.74) is 2.65. The lowest BCUT2D eigenvalue weighted by Crippen LogP contribution is -2.49. The number of hydrogen-bond donors (Lipinski definition) is 0. The molecule has 0 N–H and O–H groups in total. The van der Waals surface area contributed by atoms with Crippen molar-refractivity contribution in [3.05, 3.63) is 57.3 Å². The van der Waals surface area contributed by atoms with Crippen LogP contribution in [-0.2, 0) is 10.0 Å². The predicted molar refractivity (Wildman–Crippen MR) is 103 cm³/mol. The largest absolute Gasteiger partial charge is 0.354 e. The summed E-state index contributed by atoms with van der Waals surface area (Å²) in [6.45, 7) is 7.26. The highest BCUT2D eigenvalue weighted by Crippen LogP contribution is 2.25. The number of anilines is 1. The summed E-state index contributed by atoms with van der Waals surface area (Å²) in [5.74, 6) is 0.656. The number of aromatic nitrogens is 1. The summed E-state index contributed by atoms with van der Waals surface area (Å²) in [7, 11) is -3.54. The van der Waals surface area contributed by atoms with E-state index in [9.17, 15) is 18.5 Å². The van der Waals surface area contributed by atoms with Crippen LogP contribution in [0.4, 0.5) is 11.5 Å². The van der Waals surface area contributed by atoms with Gasteiger partial charge in [-0.05, 0) is 49.6 Å². The Bertz CT molecular complexity index is 983. The van der Waals surface area contributed by atoms with Gasteiger partial charge in [0.05, 0.1) is 9.82 Å². The van der Waals surface area contributed by atoms with E-state index in [1.54, 1.807) is 19.1 Å². The van der Waals surface area contributed by atoms with E-state index in [1.807, 2.05) is 24.8 Å². The van der Waals surface area contributed by atoms with E-state index in [2.05, 4.69) is 4.98 Å². The highest BCUT2D eigenvalue weighted by Gasteiger charge is 2.29. The van der Waals surface area contributed by atoms with Crippen molar-refractivity contribution in [3.63, 3.8) is 0 Å². The second-order valence-electron chi connectivity index (χ2n) is 6.73. The minimum atomic E-state index is -3.54. The zero-order chi connectivity index (χ0) is 19.8. The number of aryl methyl sites for hydroxylation is 3. The van der Waals surface area contributed by atoms with Gasteiger partial charge >= 0.3 is 0 Å². The maximum Gasteiger partial charge on any atom is 0.287 e. The van der Waals surface area contributed by atoms with Crippen molar-refractivity contribution in [1.29, 1.82) is 0 Å². The number of piperazine rings is 1. The molecular weight excluding hydrogens is 368 g/mol. The first kappa shape index (κ1) is 19.2. The number of benzene rings is 1. The third-order valence-corrected chi connectivity index (χ3v) is 6.80. The molecule has 27 heavy (non-hydrogen) atoms. The Balaban J connectivity index is 1.75. The molecule has 0 amide bonds. The van der Waals surface area contributed by atoms with E-state index in [0.29, 0.717) is 42.5 Å². The maximum atomic E-state index is 12.9. The smallest absolute Gasteiger partial charge is 0.287 e. The number of nitro groups is 1. The SMILES string of the molecule is Cc1ccc(S(=O)(=O)N2CCN(c3ncc([N+](=O)[O-])cc3C)CC2)cc1C. The van der Waals surface area contributed by atoms with Gasteiger partial charge in [-0.1, -0.05) is 6.07 Å². The van der Waals surface area contributed by atoms with Gasteiger partial charge in [-0.25, -0.2) is 13.4 Å². The molecule has 1 fully saturated rings. The van der Waals surface area contributed by atoms with Crippen LogP contribution in [0.2, 0.25) is 0 Å². The average molecular weight is 390 g/mol. The third kappa shape index (κ3) is 3.79. The van der Waals surface area contributed by atoms with Gasteiger partial charge in [0.1, 0.15) is 12.0 Å². The van der Waals surface area contributed by atoms with E-state index in [-0.39, 0.29) is 5.69 Å². The van der Waals surface area contributed by atoms with Crippen LogP contribution in [0.3, 0.4) is 0 Å². The maximum absolute atomic E-state index is 12.9. The molecule has 1 saturated heterocycles. The van der Waals surface area contributed by atoms with Gasteiger partial charge in [-0.2, -0.15) is 4.31 Å².